The highest BCUT2D eigenvalue weighted by molar-refractivity contribution is 6.57. The first-order chi connectivity index (χ1) is 22.2. The smallest absolute Gasteiger partial charge is 0.130 e. The van der Waals surface area contributed by atoms with E-state index >= 15 is 0 Å². The molecule has 5 aromatic carbocycles. The molecule has 0 radical (unpaired) electrons. The van der Waals surface area contributed by atoms with Gasteiger partial charge in [-0.1, -0.05) is 152 Å². The van der Waals surface area contributed by atoms with E-state index < -0.39 is 9.52 Å². The van der Waals surface area contributed by atoms with E-state index in [1.807, 2.05) is 24.7 Å². The third-order valence-electron chi connectivity index (χ3n) is 8.03. The molecule has 6 aromatic rings. The van der Waals surface area contributed by atoms with Crippen LogP contribution in [0.2, 0.25) is 0 Å². The third-order valence-corrected chi connectivity index (χ3v) is 10.6. The lowest BCUT2D eigenvalue weighted by Gasteiger charge is -2.37. The number of hydrogen-bond acceptors (Lipinski definition) is 2. The summed E-state index contributed by atoms with van der Waals surface area (Å²) in [6.45, 7) is 2.96. The average molecular weight is 605 g/mol. The van der Waals surface area contributed by atoms with Gasteiger partial charge in [0.2, 0.25) is 0 Å². The maximum absolute atomic E-state index is 6.01. The Balaban J connectivity index is 0.000000223. The topological polar surface area (TPSA) is 27.1 Å². The van der Waals surface area contributed by atoms with E-state index in [1.54, 1.807) is 0 Å². The van der Waals surface area contributed by atoms with Gasteiger partial charge in [-0.25, -0.2) is 4.98 Å². The van der Waals surface area contributed by atoms with Crippen LogP contribution in [0.1, 0.15) is 42.0 Å². The molecule has 0 amide bonds. The molecule has 0 unspecified atom stereocenters. The largest absolute Gasteiger partial charge is 0.494 e. The van der Waals surface area contributed by atoms with Crippen molar-refractivity contribution in [2.24, 2.45) is 0 Å². The minimum absolute atomic E-state index is 0.263. The zero-order valence-electron chi connectivity index (χ0n) is 26.3. The van der Waals surface area contributed by atoms with E-state index in [9.17, 15) is 0 Å². The van der Waals surface area contributed by atoms with Gasteiger partial charge < -0.3 is 9.30 Å². The first kappa shape index (κ1) is 31.6. The van der Waals surface area contributed by atoms with Gasteiger partial charge in [0.25, 0.3) is 0 Å². The molecule has 1 aromatic heterocycles. The van der Waals surface area contributed by atoms with E-state index in [-0.39, 0.29) is 5.16 Å². The van der Waals surface area contributed by atoms with Gasteiger partial charge in [0, 0.05) is 12.4 Å². The number of unbranched alkanes of at least 4 members (excludes halogenated alkanes) is 1. The molecule has 224 valence electrons. The summed E-state index contributed by atoms with van der Waals surface area (Å²) < 4.78 is 8.29. The van der Waals surface area contributed by atoms with E-state index in [0.29, 0.717) is 0 Å². The van der Waals surface area contributed by atoms with Gasteiger partial charge >= 0.3 is 0 Å². The molecule has 0 aliphatic heterocycles. The fourth-order valence-electron chi connectivity index (χ4n) is 5.78. The monoisotopic (exact) mass is 604 g/mol. The van der Waals surface area contributed by atoms with E-state index in [1.165, 1.54) is 33.0 Å². The fourth-order valence-corrected chi connectivity index (χ4v) is 8.18. The van der Waals surface area contributed by atoms with Crippen LogP contribution in [0.4, 0.5) is 0 Å². The SMILES string of the molecule is BC=C(c1ccccc1)c1ccccc1.CCCCOc1cccc([SiH2]C(c2ccccc2)(c2ccccc2)n2ccnc2)c1. The number of nitrogens with zero attached hydrogens (tertiary/aromatic N) is 2. The lowest BCUT2D eigenvalue weighted by atomic mass is 9.92. The molecular formula is C40H41BN2OSi. The van der Waals surface area contributed by atoms with Gasteiger partial charge in [0.05, 0.1) is 27.6 Å². The van der Waals surface area contributed by atoms with Crippen LogP contribution in [0.25, 0.3) is 5.57 Å². The fraction of sp³-hybridized carbons (Fsp3) is 0.125. The Morgan fingerprint density at radius 3 is 1.80 bits per heavy atom. The molecule has 5 heteroatoms. The summed E-state index contributed by atoms with van der Waals surface area (Å²) >= 11 is 0. The highest BCUT2D eigenvalue weighted by Crippen LogP contribution is 2.33. The number of aromatic nitrogens is 2. The first-order valence-electron chi connectivity index (χ1n) is 15.8. The van der Waals surface area contributed by atoms with Crippen LogP contribution in [0.15, 0.2) is 170 Å². The molecule has 0 N–H and O–H groups in total. The molecule has 1 heterocycles. The predicted octanol–water partition coefficient (Wildman–Crippen LogP) is 7.01. The lowest BCUT2D eigenvalue weighted by Crippen LogP contribution is -2.46. The molecule has 0 saturated carbocycles. The van der Waals surface area contributed by atoms with Gasteiger partial charge in [-0.15, -0.1) is 5.98 Å². The second-order valence-corrected chi connectivity index (χ2v) is 13.2. The van der Waals surface area contributed by atoms with Gasteiger partial charge in [0.15, 0.2) is 0 Å². The summed E-state index contributed by atoms with van der Waals surface area (Å²) in [5.74, 6) is 3.12. The Labute approximate surface area is 271 Å². The highest BCUT2D eigenvalue weighted by atomic mass is 28.2. The van der Waals surface area contributed by atoms with Crippen LogP contribution in [0, 0.1) is 0 Å². The molecule has 0 aliphatic carbocycles. The van der Waals surface area contributed by atoms with Gasteiger partial charge in [0.1, 0.15) is 13.6 Å². The molecule has 0 atom stereocenters. The lowest BCUT2D eigenvalue weighted by molar-refractivity contribution is 0.309. The van der Waals surface area contributed by atoms with Crippen molar-refractivity contribution in [1.29, 1.82) is 0 Å². The number of ether oxygens (including phenoxy) is 1. The van der Waals surface area contributed by atoms with E-state index in [4.69, 9.17) is 4.74 Å². The number of benzene rings is 5. The summed E-state index contributed by atoms with van der Waals surface area (Å²) in [6.07, 6.45) is 8.14. The Hall–Kier alpha value is -4.87. The molecule has 0 fully saturated rings. The van der Waals surface area contributed by atoms with Crippen molar-refractivity contribution in [2.45, 2.75) is 24.9 Å². The second-order valence-electron chi connectivity index (χ2n) is 11.0. The van der Waals surface area contributed by atoms with Crippen LogP contribution in [-0.2, 0) is 5.16 Å². The van der Waals surface area contributed by atoms with Crippen LogP contribution in [0.5, 0.6) is 5.75 Å². The Bertz CT molecular complexity index is 1640. The van der Waals surface area contributed by atoms with Crippen LogP contribution < -0.4 is 9.92 Å². The van der Waals surface area contributed by atoms with Gasteiger partial charge in [-0.05, 0) is 46.4 Å². The normalized spacial score (nSPS) is 11.0. The number of hydrogen-bond donors (Lipinski definition) is 0. The van der Waals surface area contributed by atoms with Crippen LogP contribution in [-0.4, -0.2) is 33.5 Å². The molecule has 6 rings (SSSR count). The molecule has 0 spiro atoms. The van der Waals surface area contributed by atoms with E-state index in [2.05, 4.69) is 170 Å². The van der Waals surface area contributed by atoms with Crippen molar-refractivity contribution < 1.29 is 4.74 Å². The highest BCUT2D eigenvalue weighted by Gasteiger charge is 2.36. The predicted molar refractivity (Wildman–Crippen MR) is 195 cm³/mol. The van der Waals surface area contributed by atoms with Crippen molar-refractivity contribution in [3.8, 4) is 5.75 Å². The van der Waals surface area contributed by atoms with Crippen molar-refractivity contribution in [3.05, 3.63) is 193 Å². The molecule has 0 bridgehead atoms. The minimum Gasteiger partial charge on any atom is -0.494 e. The van der Waals surface area contributed by atoms with Crippen molar-refractivity contribution >= 4 is 28.1 Å². The molecule has 45 heavy (non-hydrogen) atoms. The number of imidazole rings is 1. The zero-order valence-corrected chi connectivity index (χ0v) is 27.7. The summed E-state index contributed by atoms with van der Waals surface area (Å²) in [7, 11) is 1.20. The standard InChI is InChI=1S/C26H28N2OSi.C14H13B/c1-2-3-19-29-24-15-10-16-25(20-24)30-26(28-18-17-27-21-28,22-11-6-4-7-12-22)23-13-8-5-9-14-23;15-11-14(12-7-3-1-4-8-12)13-9-5-2-6-10-13/h4-18,20-21H,2-3,19,30H2,1H3;1-11H,15H2. The first-order valence-corrected chi connectivity index (χ1v) is 17.2. The summed E-state index contributed by atoms with van der Waals surface area (Å²) in [6, 6.07) is 51.2. The Morgan fingerprint density at radius 2 is 1.31 bits per heavy atom. The van der Waals surface area contributed by atoms with Crippen LogP contribution >= 0.6 is 0 Å². The Kier molecular flexibility index (Phi) is 11.4. The summed E-state index contributed by atoms with van der Waals surface area (Å²) in [5, 5.41) is 1.10. The zero-order chi connectivity index (χ0) is 31.2. The quantitative estimate of drug-likeness (QED) is 0.118. The molecule has 3 nitrogen and oxygen atoms in total. The van der Waals surface area contributed by atoms with Gasteiger partial charge in [-0.3, -0.25) is 0 Å². The second kappa shape index (κ2) is 16.3. The molecule has 0 saturated heterocycles. The summed E-state index contributed by atoms with van der Waals surface area (Å²) in [5.41, 5.74) is 6.41. The van der Waals surface area contributed by atoms with E-state index in [0.717, 1.165) is 25.2 Å². The van der Waals surface area contributed by atoms with Crippen LogP contribution in [0.3, 0.4) is 0 Å². The minimum atomic E-state index is -0.877. The average Bonchev–Trinajstić information content (AvgIpc) is 3.66. The maximum Gasteiger partial charge on any atom is 0.130 e. The Morgan fingerprint density at radius 1 is 0.756 bits per heavy atom. The maximum atomic E-state index is 6.01. The van der Waals surface area contributed by atoms with Crippen molar-refractivity contribution in [2.75, 3.05) is 6.61 Å². The summed E-state index contributed by atoms with van der Waals surface area (Å²) in [4.78, 5) is 4.41. The third kappa shape index (κ3) is 8.00. The van der Waals surface area contributed by atoms with Crippen molar-refractivity contribution in [1.82, 2.24) is 9.55 Å². The number of rotatable bonds is 11. The molecule has 0 aliphatic rings. The molecular weight excluding hydrogens is 563 g/mol. The van der Waals surface area contributed by atoms with Gasteiger partial charge in [-0.2, -0.15) is 0 Å². The van der Waals surface area contributed by atoms with Crippen molar-refractivity contribution in [3.63, 3.8) is 0 Å².